The Bertz CT molecular complexity index is 957. The molecule has 0 bridgehead atoms. The molecule has 158 valence electrons. The molecule has 0 spiro atoms. The lowest BCUT2D eigenvalue weighted by atomic mass is 10.2. The summed E-state index contributed by atoms with van der Waals surface area (Å²) >= 11 is 0. The molecule has 7 nitrogen and oxygen atoms in total. The van der Waals surface area contributed by atoms with Crippen molar-refractivity contribution in [2.24, 2.45) is 4.99 Å². The number of guanidine groups is 1. The van der Waals surface area contributed by atoms with Gasteiger partial charge in [-0.05, 0) is 35.9 Å². The third kappa shape index (κ3) is 6.51. The summed E-state index contributed by atoms with van der Waals surface area (Å²) < 4.78 is 10.5. The van der Waals surface area contributed by atoms with Gasteiger partial charge in [-0.15, -0.1) is 24.0 Å². The maximum Gasteiger partial charge on any atom is 0.291 e. The molecule has 0 radical (unpaired) electrons. The summed E-state index contributed by atoms with van der Waals surface area (Å²) in [5.74, 6) is 1.52. The molecule has 0 fully saturated rings. The van der Waals surface area contributed by atoms with Crippen LogP contribution in [-0.2, 0) is 13.1 Å². The number of nitrogens with one attached hydrogen (secondary N) is 3. The second-order valence-electron chi connectivity index (χ2n) is 6.22. The Morgan fingerprint density at radius 3 is 2.40 bits per heavy atom. The van der Waals surface area contributed by atoms with Crippen molar-refractivity contribution in [3.63, 3.8) is 0 Å². The lowest BCUT2D eigenvalue weighted by Gasteiger charge is -2.14. The van der Waals surface area contributed by atoms with E-state index in [1.54, 1.807) is 26.3 Å². The first-order valence-corrected chi connectivity index (χ1v) is 9.20. The molecule has 0 saturated carbocycles. The number of rotatable bonds is 7. The number of ether oxygens (including phenoxy) is 1. The number of nitrogens with zero attached hydrogens (tertiary/aromatic N) is 1. The van der Waals surface area contributed by atoms with Gasteiger partial charge < -0.3 is 25.1 Å². The predicted octanol–water partition coefficient (Wildman–Crippen LogP) is 4.02. The van der Waals surface area contributed by atoms with Gasteiger partial charge in [-0.2, -0.15) is 0 Å². The predicted molar refractivity (Wildman–Crippen MR) is 129 cm³/mol. The number of para-hydroxylation sites is 1. The average Bonchev–Trinajstić information content (AvgIpc) is 3.30. The fourth-order valence-electron chi connectivity index (χ4n) is 2.74. The minimum absolute atomic E-state index is 0. The molecule has 1 amide bonds. The number of hydrogen-bond acceptors (Lipinski definition) is 4. The number of anilines is 1. The second-order valence-corrected chi connectivity index (χ2v) is 6.22. The maximum atomic E-state index is 12.0. The SMILES string of the molecule is CN=C(NCc1ccc(NC(=O)c2ccco2)cc1)NCc1ccccc1OC.I. The molecular weight excluding hydrogens is 495 g/mol. The van der Waals surface area contributed by atoms with Gasteiger partial charge in [0, 0.05) is 31.4 Å². The van der Waals surface area contributed by atoms with Crippen LogP contribution in [0.15, 0.2) is 76.3 Å². The lowest BCUT2D eigenvalue weighted by molar-refractivity contribution is 0.0996. The molecule has 0 saturated heterocycles. The number of methoxy groups -OCH3 is 1. The topological polar surface area (TPSA) is 87.9 Å². The number of furan rings is 1. The molecule has 8 heteroatoms. The van der Waals surface area contributed by atoms with Gasteiger partial charge in [-0.3, -0.25) is 9.79 Å². The van der Waals surface area contributed by atoms with Gasteiger partial charge >= 0.3 is 0 Å². The molecule has 3 rings (SSSR count). The quantitative estimate of drug-likeness (QED) is 0.249. The number of aliphatic imine (C=N–C) groups is 1. The van der Waals surface area contributed by atoms with Crippen LogP contribution in [0, 0.1) is 0 Å². The highest BCUT2D eigenvalue weighted by atomic mass is 127. The Hall–Kier alpha value is -3.01. The Kier molecular flexibility index (Phi) is 9.20. The fourth-order valence-corrected chi connectivity index (χ4v) is 2.74. The number of halogens is 1. The summed E-state index contributed by atoms with van der Waals surface area (Å²) in [6, 6.07) is 18.7. The van der Waals surface area contributed by atoms with E-state index in [2.05, 4.69) is 20.9 Å². The Morgan fingerprint density at radius 1 is 1.00 bits per heavy atom. The van der Waals surface area contributed by atoms with Gasteiger partial charge in [-0.1, -0.05) is 30.3 Å². The Labute approximate surface area is 192 Å². The number of carbonyl (C=O) groups is 1. The zero-order chi connectivity index (χ0) is 20.5. The zero-order valence-corrected chi connectivity index (χ0v) is 19.2. The van der Waals surface area contributed by atoms with Crippen LogP contribution in [0.5, 0.6) is 5.75 Å². The van der Waals surface area contributed by atoms with E-state index >= 15 is 0 Å². The molecule has 0 atom stereocenters. The van der Waals surface area contributed by atoms with Crippen molar-refractivity contribution in [2.45, 2.75) is 13.1 Å². The molecule has 30 heavy (non-hydrogen) atoms. The van der Waals surface area contributed by atoms with Gasteiger partial charge in [0.2, 0.25) is 0 Å². The maximum absolute atomic E-state index is 12.0. The molecule has 0 unspecified atom stereocenters. The minimum Gasteiger partial charge on any atom is -0.496 e. The highest BCUT2D eigenvalue weighted by Crippen LogP contribution is 2.16. The Balaban J connectivity index is 0.00000320. The van der Waals surface area contributed by atoms with E-state index in [-0.39, 0.29) is 35.6 Å². The molecule has 3 aromatic rings. The van der Waals surface area contributed by atoms with Crippen molar-refractivity contribution in [3.8, 4) is 5.75 Å². The molecule has 0 aliphatic rings. The van der Waals surface area contributed by atoms with E-state index in [0.717, 1.165) is 16.9 Å². The van der Waals surface area contributed by atoms with Crippen LogP contribution in [0.2, 0.25) is 0 Å². The summed E-state index contributed by atoms with van der Waals surface area (Å²) in [7, 11) is 3.39. The largest absolute Gasteiger partial charge is 0.496 e. The fraction of sp³-hybridized carbons (Fsp3) is 0.182. The molecule has 3 N–H and O–H groups in total. The zero-order valence-electron chi connectivity index (χ0n) is 16.8. The first-order valence-electron chi connectivity index (χ1n) is 9.20. The van der Waals surface area contributed by atoms with Gasteiger partial charge in [0.15, 0.2) is 11.7 Å². The van der Waals surface area contributed by atoms with Crippen LogP contribution in [0.1, 0.15) is 21.7 Å². The highest BCUT2D eigenvalue weighted by Gasteiger charge is 2.08. The van der Waals surface area contributed by atoms with Crippen molar-refractivity contribution in [1.82, 2.24) is 10.6 Å². The van der Waals surface area contributed by atoms with Crippen molar-refractivity contribution >= 4 is 41.5 Å². The highest BCUT2D eigenvalue weighted by molar-refractivity contribution is 14.0. The van der Waals surface area contributed by atoms with Crippen LogP contribution in [0.3, 0.4) is 0 Å². The van der Waals surface area contributed by atoms with Crippen LogP contribution in [-0.4, -0.2) is 26.0 Å². The summed E-state index contributed by atoms with van der Waals surface area (Å²) in [6.45, 7) is 1.19. The normalized spacial score (nSPS) is 10.7. The smallest absolute Gasteiger partial charge is 0.291 e. The number of benzene rings is 2. The standard InChI is InChI=1S/C22H24N4O3.HI/c1-23-22(25-15-17-6-3-4-7-19(17)28-2)24-14-16-9-11-18(12-10-16)26-21(27)20-8-5-13-29-20;/h3-13H,14-15H2,1-2H3,(H,26,27)(H2,23,24,25);1H. The summed E-state index contributed by atoms with van der Waals surface area (Å²) in [6.07, 6.45) is 1.47. The van der Waals surface area contributed by atoms with Crippen LogP contribution in [0.4, 0.5) is 5.69 Å². The van der Waals surface area contributed by atoms with Crippen LogP contribution in [0.25, 0.3) is 0 Å². The number of amides is 1. The van der Waals surface area contributed by atoms with E-state index < -0.39 is 0 Å². The van der Waals surface area contributed by atoms with E-state index in [1.165, 1.54) is 6.26 Å². The third-order valence-corrected chi connectivity index (χ3v) is 4.28. The monoisotopic (exact) mass is 520 g/mol. The first-order chi connectivity index (χ1) is 14.2. The number of carbonyl (C=O) groups excluding carboxylic acids is 1. The van der Waals surface area contributed by atoms with Crippen LogP contribution < -0.4 is 20.7 Å². The van der Waals surface area contributed by atoms with Gasteiger partial charge in [0.25, 0.3) is 5.91 Å². The van der Waals surface area contributed by atoms with Gasteiger partial charge in [0.1, 0.15) is 5.75 Å². The molecular formula is C22H25IN4O3. The Morgan fingerprint density at radius 2 is 1.73 bits per heavy atom. The van der Waals surface area contributed by atoms with Crippen LogP contribution >= 0.6 is 24.0 Å². The average molecular weight is 520 g/mol. The second kappa shape index (κ2) is 11.9. The van der Waals surface area contributed by atoms with Crippen molar-refractivity contribution in [3.05, 3.63) is 83.8 Å². The van der Waals surface area contributed by atoms with Crippen molar-refractivity contribution in [2.75, 3.05) is 19.5 Å². The van der Waals surface area contributed by atoms with E-state index in [4.69, 9.17) is 9.15 Å². The van der Waals surface area contributed by atoms with Gasteiger partial charge in [-0.25, -0.2) is 0 Å². The third-order valence-electron chi connectivity index (χ3n) is 4.28. The van der Waals surface area contributed by atoms with E-state index in [1.807, 2.05) is 48.5 Å². The minimum atomic E-state index is -0.276. The first kappa shape index (κ1) is 23.3. The van der Waals surface area contributed by atoms with Gasteiger partial charge in [0.05, 0.1) is 13.4 Å². The van der Waals surface area contributed by atoms with Crippen molar-refractivity contribution in [1.29, 1.82) is 0 Å². The number of hydrogen-bond donors (Lipinski definition) is 3. The molecule has 0 aliphatic heterocycles. The van der Waals surface area contributed by atoms with Crippen molar-refractivity contribution < 1.29 is 13.9 Å². The summed E-state index contributed by atoms with van der Waals surface area (Å²) in [4.78, 5) is 16.2. The molecule has 0 aliphatic carbocycles. The molecule has 2 aromatic carbocycles. The summed E-state index contributed by atoms with van der Waals surface area (Å²) in [5, 5.41) is 9.34. The molecule has 1 heterocycles. The van der Waals surface area contributed by atoms with E-state index in [9.17, 15) is 4.79 Å². The summed E-state index contributed by atoms with van der Waals surface area (Å²) in [5.41, 5.74) is 2.81. The van der Waals surface area contributed by atoms with E-state index in [0.29, 0.717) is 24.7 Å². The molecule has 1 aromatic heterocycles. The lowest BCUT2D eigenvalue weighted by Crippen LogP contribution is -2.36.